The number of hydrogen-bond donors (Lipinski definition) is 1. The van der Waals surface area contributed by atoms with E-state index in [-0.39, 0.29) is 11.9 Å². The maximum absolute atomic E-state index is 12.6. The third-order valence-electron chi connectivity index (χ3n) is 4.71. The number of carbonyl (C=O) groups excluding carboxylic acids is 1. The second kappa shape index (κ2) is 8.47. The smallest absolute Gasteiger partial charge is 0.255 e. The fourth-order valence-corrected chi connectivity index (χ4v) is 3.88. The van der Waals surface area contributed by atoms with Crippen molar-refractivity contribution < 1.29 is 9.53 Å². The first-order chi connectivity index (χ1) is 12.2. The molecule has 0 radical (unpaired) electrons. The molecule has 134 valence electrons. The number of ether oxygens (including phenoxy) is 1. The molecule has 1 saturated heterocycles. The topological polar surface area (TPSA) is 44.8 Å². The Morgan fingerprint density at radius 1 is 1.24 bits per heavy atom. The summed E-state index contributed by atoms with van der Waals surface area (Å²) in [5, 5.41) is 7.38. The molecular formula is C19H25N3O2S. The largest absolute Gasteiger partial charge is 0.496 e. The second-order valence-electron chi connectivity index (χ2n) is 6.32. The Kier molecular flexibility index (Phi) is 6.07. The van der Waals surface area contributed by atoms with Gasteiger partial charge in [-0.15, -0.1) is 0 Å². The van der Waals surface area contributed by atoms with Crippen LogP contribution in [0.1, 0.15) is 22.0 Å². The molecule has 25 heavy (non-hydrogen) atoms. The Hall–Kier alpha value is -1.89. The van der Waals surface area contributed by atoms with Gasteiger partial charge >= 0.3 is 0 Å². The number of rotatable bonds is 6. The molecule has 3 rings (SSSR count). The van der Waals surface area contributed by atoms with Gasteiger partial charge in [0.2, 0.25) is 0 Å². The van der Waals surface area contributed by atoms with Gasteiger partial charge in [0.1, 0.15) is 5.75 Å². The molecule has 1 unspecified atom stereocenters. The van der Waals surface area contributed by atoms with E-state index < -0.39 is 0 Å². The molecule has 1 aliphatic rings. The molecule has 0 spiro atoms. The standard InChI is InChI=1S/C19H25N3O2S/c1-21-8-10-22(11-9-21)17(15-7-12-25-14-15)13-20-19(23)16-5-3-4-6-18(16)24-2/h3-7,12,14,17H,8-11,13H2,1-2H3,(H,20,23). The predicted molar refractivity (Wildman–Crippen MR) is 101 cm³/mol. The van der Waals surface area contributed by atoms with E-state index in [1.54, 1.807) is 24.5 Å². The first-order valence-corrected chi connectivity index (χ1v) is 9.49. The molecule has 1 aliphatic heterocycles. The molecule has 0 saturated carbocycles. The number of likely N-dealkylation sites (N-methyl/N-ethyl adjacent to an activating group) is 1. The number of para-hydroxylation sites is 1. The Morgan fingerprint density at radius 3 is 2.68 bits per heavy atom. The van der Waals surface area contributed by atoms with Crippen LogP contribution in [0.3, 0.4) is 0 Å². The molecule has 1 N–H and O–H groups in total. The van der Waals surface area contributed by atoms with Crippen molar-refractivity contribution in [3.05, 3.63) is 52.2 Å². The number of benzene rings is 1. The number of piperazine rings is 1. The lowest BCUT2D eigenvalue weighted by molar-refractivity contribution is 0.0884. The van der Waals surface area contributed by atoms with Gasteiger partial charge < -0.3 is 15.0 Å². The maximum atomic E-state index is 12.6. The Labute approximate surface area is 153 Å². The lowest BCUT2D eigenvalue weighted by atomic mass is 10.1. The van der Waals surface area contributed by atoms with Crippen LogP contribution in [0.2, 0.25) is 0 Å². The molecular weight excluding hydrogens is 334 g/mol. The van der Waals surface area contributed by atoms with E-state index in [1.165, 1.54) is 5.56 Å². The summed E-state index contributed by atoms with van der Waals surface area (Å²) in [6.07, 6.45) is 0. The highest BCUT2D eigenvalue weighted by Gasteiger charge is 2.25. The summed E-state index contributed by atoms with van der Waals surface area (Å²) in [7, 11) is 3.74. The van der Waals surface area contributed by atoms with Crippen molar-refractivity contribution in [3.8, 4) is 5.75 Å². The van der Waals surface area contributed by atoms with E-state index >= 15 is 0 Å². The highest BCUT2D eigenvalue weighted by Crippen LogP contribution is 2.24. The summed E-state index contributed by atoms with van der Waals surface area (Å²) in [6.45, 7) is 4.74. The average molecular weight is 359 g/mol. The number of thiophene rings is 1. The van der Waals surface area contributed by atoms with E-state index in [0.29, 0.717) is 17.9 Å². The van der Waals surface area contributed by atoms with Crippen molar-refractivity contribution >= 4 is 17.2 Å². The Morgan fingerprint density at radius 2 is 2.00 bits per heavy atom. The minimum absolute atomic E-state index is 0.0909. The molecule has 2 heterocycles. The third-order valence-corrected chi connectivity index (χ3v) is 5.42. The van der Waals surface area contributed by atoms with Crippen molar-refractivity contribution in [3.63, 3.8) is 0 Å². The number of nitrogens with zero attached hydrogens (tertiary/aromatic N) is 2. The number of nitrogens with one attached hydrogen (secondary N) is 1. The summed E-state index contributed by atoms with van der Waals surface area (Å²) >= 11 is 1.70. The van der Waals surface area contributed by atoms with Crippen molar-refractivity contribution in [2.75, 3.05) is 46.9 Å². The minimum Gasteiger partial charge on any atom is -0.496 e. The quantitative estimate of drug-likeness (QED) is 0.861. The van der Waals surface area contributed by atoms with Gasteiger partial charge in [-0.3, -0.25) is 9.69 Å². The van der Waals surface area contributed by atoms with Crippen LogP contribution in [0.25, 0.3) is 0 Å². The second-order valence-corrected chi connectivity index (χ2v) is 7.10. The van der Waals surface area contributed by atoms with Crippen LogP contribution in [0, 0.1) is 0 Å². The molecule has 1 atom stereocenters. The summed E-state index contributed by atoms with van der Waals surface area (Å²) in [6, 6.07) is 9.69. The van der Waals surface area contributed by atoms with Crippen molar-refractivity contribution in [2.45, 2.75) is 6.04 Å². The van der Waals surface area contributed by atoms with Gasteiger partial charge in [-0.05, 0) is 41.6 Å². The Balaban J connectivity index is 1.69. The molecule has 1 aromatic heterocycles. The molecule has 1 amide bonds. The minimum atomic E-state index is -0.0909. The first kappa shape index (κ1) is 17.9. The highest BCUT2D eigenvalue weighted by molar-refractivity contribution is 7.07. The van der Waals surface area contributed by atoms with Crippen LogP contribution in [-0.4, -0.2) is 62.6 Å². The lowest BCUT2D eigenvalue weighted by Gasteiger charge is -2.38. The fraction of sp³-hybridized carbons (Fsp3) is 0.421. The molecule has 2 aromatic rings. The molecule has 0 bridgehead atoms. The van der Waals surface area contributed by atoms with Crippen LogP contribution in [0.15, 0.2) is 41.1 Å². The normalized spacial score (nSPS) is 17.2. The van der Waals surface area contributed by atoms with Crippen LogP contribution < -0.4 is 10.1 Å². The lowest BCUT2D eigenvalue weighted by Crippen LogP contribution is -2.48. The molecule has 5 nitrogen and oxygen atoms in total. The maximum Gasteiger partial charge on any atom is 0.255 e. The summed E-state index contributed by atoms with van der Waals surface area (Å²) < 4.78 is 5.30. The zero-order valence-corrected chi connectivity index (χ0v) is 15.6. The van der Waals surface area contributed by atoms with Gasteiger partial charge in [0.25, 0.3) is 5.91 Å². The summed E-state index contributed by atoms with van der Waals surface area (Å²) in [5.41, 5.74) is 1.85. The SMILES string of the molecule is COc1ccccc1C(=O)NCC(c1ccsc1)N1CCN(C)CC1. The van der Waals surface area contributed by atoms with E-state index in [4.69, 9.17) is 4.74 Å². The zero-order valence-electron chi connectivity index (χ0n) is 14.8. The van der Waals surface area contributed by atoms with Gasteiger partial charge in [-0.1, -0.05) is 12.1 Å². The number of hydrogen-bond acceptors (Lipinski definition) is 5. The number of methoxy groups -OCH3 is 1. The van der Waals surface area contributed by atoms with Gasteiger partial charge in [0, 0.05) is 32.7 Å². The van der Waals surface area contributed by atoms with Gasteiger partial charge in [-0.2, -0.15) is 11.3 Å². The van der Waals surface area contributed by atoms with Gasteiger partial charge in [0.15, 0.2) is 0 Å². The zero-order chi connectivity index (χ0) is 17.6. The monoisotopic (exact) mass is 359 g/mol. The average Bonchev–Trinajstić information content (AvgIpc) is 3.17. The van der Waals surface area contributed by atoms with Crippen LogP contribution in [0.4, 0.5) is 0 Å². The van der Waals surface area contributed by atoms with Gasteiger partial charge in [-0.25, -0.2) is 0 Å². The van der Waals surface area contributed by atoms with E-state index in [2.05, 4.69) is 39.0 Å². The molecule has 1 fully saturated rings. The highest BCUT2D eigenvalue weighted by atomic mass is 32.1. The van der Waals surface area contributed by atoms with Crippen LogP contribution >= 0.6 is 11.3 Å². The van der Waals surface area contributed by atoms with Crippen molar-refractivity contribution in [1.82, 2.24) is 15.1 Å². The van der Waals surface area contributed by atoms with E-state index in [9.17, 15) is 4.79 Å². The molecule has 6 heteroatoms. The fourth-order valence-electron chi connectivity index (χ4n) is 3.17. The van der Waals surface area contributed by atoms with Crippen LogP contribution in [-0.2, 0) is 0 Å². The third kappa shape index (κ3) is 4.39. The number of carbonyl (C=O) groups is 1. The molecule has 1 aromatic carbocycles. The van der Waals surface area contributed by atoms with Gasteiger partial charge in [0.05, 0.1) is 18.7 Å². The van der Waals surface area contributed by atoms with Crippen LogP contribution in [0.5, 0.6) is 5.75 Å². The van der Waals surface area contributed by atoms with E-state index in [0.717, 1.165) is 26.2 Å². The van der Waals surface area contributed by atoms with Crippen molar-refractivity contribution in [1.29, 1.82) is 0 Å². The first-order valence-electron chi connectivity index (χ1n) is 8.55. The van der Waals surface area contributed by atoms with Crippen molar-refractivity contribution in [2.24, 2.45) is 0 Å². The summed E-state index contributed by atoms with van der Waals surface area (Å²) in [4.78, 5) is 17.4. The molecule has 0 aliphatic carbocycles. The number of amides is 1. The summed E-state index contributed by atoms with van der Waals surface area (Å²) in [5.74, 6) is 0.512. The van der Waals surface area contributed by atoms with E-state index in [1.807, 2.05) is 18.2 Å². The predicted octanol–water partition coefficient (Wildman–Crippen LogP) is 2.48. The Bertz CT molecular complexity index is 682.